The molecule has 0 spiro atoms. The predicted molar refractivity (Wildman–Crippen MR) is 30.4 cm³/mol. The van der Waals surface area contributed by atoms with Gasteiger partial charge in [0.15, 0.2) is 6.26 Å². The second-order valence-electron chi connectivity index (χ2n) is 1.34. The summed E-state index contributed by atoms with van der Waals surface area (Å²) in [6, 6.07) is 0. The second kappa shape index (κ2) is 2.96. The minimum Gasteiger partial charge on any atom is -0.476 e. The Morgan fingerprint density at radius 1 is 1.78 bits per heavy atom. The Hall–Kier alpha value is -1.19. The van der Waals surface area contributed by atoms with Gasteiger partial charge in [0.2, 0.25) is 0 Å². The fourth-order valence-corrected chi connectivity index (χ4v) is 0.422. The van der Waals surface area contributed by atoms with Crippen molar-refractivity contribution >= 4 is 5.90 Å². The zero-order chi connectivity index (χ0) is 6.53. The van der Waals surface area contributed by atoms with Crippen LogP contribution in [0, 0.1) is 0 Å². The maximum absolute atomic E-state index is 4.94. The molecule has 1 aliphatic rings. The van der Waals surface area contributed by atoms with E-state index in [1.807, 2.05) is 6.92 Å². The van der Waals surface area contributed by atoms with Crippen LogP contribution in [0.15, 0.2) is 17.5 Å². The number of ether oxygens (including phenoxy) is 1. The van der Waals surface area contributed by atoms with E-state index in [1.165, 1.54) is 6.26 Å². The van der Waals surface area contributed by atoms with E-state index >= 15 is 0 Å². The highest BCUT2D eigenvalue weighted by Crippen LogP contribution is 1.95. The first-order valence-corrected chi connectivity index (χ1v) is 2.63. The molecule has 0 atom stereocenters. The molecule has 50 valence electrons. The van der Waals surface area contributed by atoms with Crippen LogP contribution in [0.1, 0.15) is 6.92 Å². The zero-order valence-electron chi connectivity index (χ0n) is 5.03. The van der Waals surface area contributed by atoms with Gasteiger partial charge in [0, 0.05) is 11.2 Å². The van der Waals surface area contributed by atoms with Crippen LogP contribution in [-0.4, -0.2) is 12.5 Å². The van der Waals surface area contributed by atoms with Crippen LogP contribution in [0.25, 0.3) is 0 Å². The molecular weight excluding hydrogens is 122 g/mol. The fourth-order valence-electron chi connectivity index (χ4n) is 0.422. The summed E-state index contributed by atoms with van der Waals surface area (Å²) in [7, 11) is 0. The van der Waals surface area contributed by atoms with Crippen LogP contribution in [-0.2, 0) is 14.6 Å². The maximum Gasteiger partial charge on any atom is 0.258 e. The standard InChI is InChI=1S/C5H7NO3/c1-2-7-5-3-4-8-9-6-5/h3-4H,2H2,1H3. The third-order valence-corrected chi connectivity index (χ3v) is 0.729. The lowest BCUT2D eigenvalue weighted by molar-refractivity contribution is -0.253. The third kappa shape index (κ3) is 1.64. The first kappa shape index (κ1) is 5.94. The van der Waals surface area contributed by atoms with Crippen molar-refractivity contribution in [1.29, 1.82) is 0 Å². The number of nitrogens with zero attached hydrogens (tertiary/aromatic N) is 1. The lowest BCUT2D eigenvalue weighted by Gasteiger charge is -2.03. The van der Waals surface area contributed by atoms with Gasteiger partial charge in [-0.05, 0) is 6.92 Å². The van der Waals surface area contributed by atoms with Crippen LogP contribution < -0.4 is 0 Å². The summed E-state index contributed by atoms with van der Waals surface area (Å²) in [5.74, 6) is 0.434. The summed E-state index contributed by atoms with van der Waals surface area (Å²) in [6.07, 6.45) is 2.94. The molecule has 0 saturated heterocycles. The Kier molecular flexibility index (Phi) is 1.95. The van der Waals surface area contributed by atoms with Gasteiger partial charge >= 0.3 is 0 Å². The summed E-state index contributed by atoms with van der Waals surface area (Å²) in [5, 5.41) is 3.40. The topological polar surface area (TPSA) is 40.0 Å². The Morgan fingerprint density at radius 3 is 3.22 bits per heavy atom. The Bertz CT molecular complexity index is 141. The van der Waals surface area contributed by atoms with Crippen LogP contribution in [0.3, 0.4) is 0 Å². The quantitative estimate of drug-likeness (QED) is 0.492. The molecule has 0 amide bonds. The van der Waals surface area contributed by atoms with E-state index in [0.29, 0.717) is 12.5 Å². The summed E-state index contributed by atoms with van der Waals surface area (Å²) >= 11 is 0. The molecule has 0 fully saturated rings. The van der Waals surface area contributed by atoms with Crippen molar-refractivity contribution in [3.05, 3.63) is 12.3 Å². The number of rotatable bonds is 1. The van der Waals surface area contributed by atoms with E-state index in [1.54, 1.807) is 6.08 Å². The minimum atomic E-state index is 0.434. The molecule has 4 heteroatoms. The van der Waals surface area contributed by atoms with Crippen LogP contribution in [0.2, 0.25) is 0 Å². The van der Waals surface area contributed by atoms with Crippen molar-refractivity contribution in [2.24, 2.45) is 5.16 Å². The molecular formula is C5H7NO3. The van der Waals surface area contributed by atoms with E-state index in [4.69, 9.17) is 4.74 Å². The molecule has 0 N–H and O–H groups in total. The van der Waals surface area contributed by atoms with Gasteiger partial charge in [-0.25, -0.2) is 0 Å². The molecule has 1 rings (SSSR count). The Balaban J connectivity index is 2.38. The molecule has 0 aliphatic carbocycles. The van der Waals surface area contributed by atoms with Gasteiger partial charge in [-0.2, -0.15) is 4.99 Å². The lowest BCUT2D eigenvalue weighted by atomic mass is 10.6. The molecule has 4 nitrogen and oxygen atoms in total. The number of oxime groups is 1. The van der Waals surface area contributed by atoms with E-state index < -0.39 is 0 Å². The van der Waals surface area contributed by atoms with Gasteiger partial charge in [-0.3, -0.25) is 4.89 Å². The summed E-state index contributed by atoms with van der Waals surface area (Å²) < 4.78 is 4.94. The lowest BCUT2D eigenvalue weighted by Crippen LogP contribution is -2.04. The maximum atomic E-state index is 4.94. The van der Waals surface area contributed by atoms with Gasteiger partial charge in [0.1, 0.15) is 0 Å². The molecule has 0 aromatic rings. The Morgan fingerprint density at radius 2 is 2.67 bits per heavy atom. The third-order valence-electron chi connectivity index (χ3n) is 0.729. The van der Waals surface area contributed by atoms with Crippen molar-refractivity contribution in [3.63, 3.8) is 0 Å². The molecule has 9 heavy (non-hydrogen) atoms. The number of hydrogen-bond acceptors (Lipinski definition) is 4. The molecule has 0 radical (unpaired) electrons. The summed E-state index contributed by atoms with van der Waals surface area (Å²) in [5.41, 5.74) is 0. The van der Waals surface area contributed by atoms with Crippen molar-refractivity contribution in [2.45, 2.75) is 6.92 Å². The van der Waals surface area contributed by atoms with E-state index in [-0.39, 0.29) is 0 Å². The van der Waals surface area contributed by atoms with Gasteiger partial charge in [0.25, 0.3) is 5.90 Å². The Labute approximate surface area is 52.6 Å². The molecule has 0 unspecified atom stereocenters. The van der Waals surface area contributed by atoms with Gasteiger partial charge in [-0.1, -0.05) is 0 Å². The smallest absolute Gasteiger partial charge is 0.258 e. The van der Waals surface area contributed by atoms with Crippen molar-refractivity contribution < 1.29 is 14.6 Å². The van der Waals surface area contributed by atoms with Gasteiger partial charge in [-0.15, -0.1) is 0 Å². The monoisotopic (exact) mass is 129 g/mol. The van der Waals surface area contributed by atoms with E-state index in [9.17, 15) is 0 Å². The van der Waals surface area contributed by atoms with Crippen molar-refractivity contribution in [1.82, 2.24) is 0 Å². The normalized spacial score (nSPS) is 15.4. The SMILES string of the molecule is CCOC1=NOOC=C1. The predicted octanol–water partition coefficient (Wildman–Crippen LogP) is 0.812. The van der Waals surface area contributed by atoms with Gasteiger partial charge in [0.05, 0.1) is 6.61 Å². The molecule has 0 saturated carbocycles. The highest BCUT2D eigenvalue weighted by Gasteiger charge is 1.98. The average Bonchev–Trinajstić information content (AvgIpc) is 1.91. The fraction of sp³-hybridized carbons (Fsp3) is 0.400. The number of hydrogen-bond donors (Lipinski definition) is 0. The highest BCUT2D eigenvalue weighted by molar-refractivity contribution is 5.87. The first-order valence-electron chi connectivity index (χ1n) is 2.63. The average molecular weight is 129 g/mol. The largest absolute Gasteiger partial charge is 0.476 e. The summed E-state index contributed by atoms with van der Waals surface area (Å²) in [6.45, 7) is 2.44. The van der Waals surface area contributed by atoms with Crippen molar-refractivity contribution in [3.8, 4) is 0 Å². The van der Waals surface area contributed by atoms with Gasteiger partial charge < -0.3 is 4.74 Å². The van der Waals surface area contributed by atoms with Crippen LogP contribution in [0.4, 0.5) is 0 Å². The first-order chi connectivity index (χ1) is 4.43. The minimum absolute atomic E-state index is 0.434. The molecule has 0 aromatic heterocycles. The zero-order valence-corrected chi connectivity index (χ0v) is 5.03. The highest BCUT2D eigenvalue weighted by atomic mass is 17.3. The summed E-state index contributed by atoms with van der Waals surface area (Å²) in [4.78, 5) is 8.51. The van der Waals surface area contributed by atoms with Crippen molar-refractivity contribution in [2.75, 3.05) is 6.61 Å². The van der Waals surface area contributed by atoms with Crippen LogP contribution >= 0.6 is 0 Å². The molecule has 1 aliphatic heterocycles. The molecule has 0 bridgehead atoms. The molecule has 1 heterocycles. The van der Waals surface area contributed by atoms with Crippen LogP contribution in [0.5, 0.6) is 0 Å². The molecule has 0 aromatic carbocycles. The van der Waals surface area contributed by atoms with E-state index in [0.717, 1.165) is 0 Å². The second-order valence-corrected chi connectivity index (χ2v) is 1.34. The van der Waals surface area contributed by atoms with E-state index in [2.05, 4.69) is 15.0 Å².